The Hall–Kier alpha value is -0.120. The molecule has 0 saturated heterocycles. The molecule has 0 aliphatic carbocycles. The van der Waals surface area contributed by atoms with Gasteiger partial charge in [0.05, 0.1) is 0 Å². The smallest absolute Gasteiger partial charge is 0.157 e. The molecule has 0 bridgehead atoms. The third-order valence-electron chi connectivity index (χ3n) is 8.15. The van der Waals surface area contributed by atoms with Crippen molar-refractivity contribution in [2.24, 2.45) is 0 Å². The molecule has 1 unspecified atom stereocenters. The fourth-order valence-corrected chi connectivity index (χ4v) is 5.44. The molecule has 0 radical (unpaired) electrons. The third kappa shape index (κ3) is 35.9. The van der Waals surface area contributed by atoms with Crippen LogP contribution in [0.25, 0.3) is 0 Å². The summed E-state index contributed by atoms with van der Waals surface area (Å²) in [4.78, 5) is 0. The van der Waals surface area contributed by atoms with E-state index in [1.54, 1.807) is 0 Å². The quantitative estimate of drug-likeness (QED) is 0.0584. The van der Waals surface area contributed by atoms with Crippen LogP contribution in [0.3, 0.4) is 0 Å². The maximum absolute atomic E-state index is 6.26. The number of hydrogen-bond acceptors (Lipinski definition) is 2. The van der Waals surface area contributed by atoms with Gasteiger partial charge < -0.3 is 14.9 Å². The SMILES string of the molecule is CCCCCCCCCCCCCC(OCCCCCCCCCC)OCCCCCCCCCCCC.O. The van der Waals surface area contributed by atoms with Gasteiger partial charge in [-0.3, -0.25) is 0 Å². The van der Waals surface area contributed by atoms with Gasteiger partial charge in [0.15, 0.2) is 6.29 Å². The summed E-state index contributed by atoms with van der Waals surface area (Å²) in [7, 11) is 0. The molecule has 0 saturated carbocycles. The maximum Gasteiger partial charge on any atom is 0.157 e. The second-order valence-electron chi connectivity index (χ2n) is 12.2. The molecule has 0 aromatic carbocycles. The van der Waals surface area contributed by atoms with Gasteiger partial charge in [-0.1, -0.05) is 188 Å². The molecule has 39 heavy (non-hydrogen) atoms. The maximum atomic E-state index is 6.26. The molecule has 0 heterocycles. The highest BCUT2D eigenvalue weighted by molar-refractivity contribution is 4.54. The summed E-state index contributed by atoms with van der Waals surface area (Å²) in [6.07, 6.45) is 41.2. The molecule has 3 heteroatoms. The Balaban J connectivity index is 0. The Morgan fingerprint density at radius 2 is 0.538 bits per heavy atom. The van der Waals surface area contributed by atoms with E-state index >= 15 is 0 Å². The summed E-state index contributed by atoms with van der Waals surface area (Å²) in [5.74, 6) is 0. The molecule has 0 rings (SSSR count). The van der Waals surface area contributed by atoms with Gasteiger partial charge in [-0.15, -0.1) is 0 Å². The van der Waals surface area contributed by atoms with Crippen molar-refractivity contribution in [3.63, 3.8) is 0 Å². The lowest BCUT2D eigenvalue weighted by atomic mass is 10.1. The molecule has 3 nitrogen and oxygen atoms in total. The van der Waals surface area contributed by atoms with Crippen LogP contribution in [-0.4, -0.2) is 25.0 Å². The predicted molar refractivity (Wildman–Crippen MR) is 175 cm³/mol. The molecule has 0 aromatic rings. The highest BCUT2D eigenvalue weighted by atomic mass is 16.7. The van der Waals surface area contributed by atoms with Crippen molar-refractivity contribution < 1.29 is 14.9 Å². The van der Waals surface area contributed by atoms with Crippen LogP contribution in [0.1, 0.15) is 213 Å². The predicted octanol–water partition coefficient (Wildman–Crippen LogP) is 12.3. The van der Waals surface area contributed by atoms with E-state index in [0.29, 0.717) is 0 Å². The minimum Gasteiger partial charge on any atom is -0.412 e. The van der Waals surface area contributed by atoms with E-state index in [0.717, 1.165) is 19.6 Å². The highest BCUT2D eigenvalue weighted by Crippen LogP contribution is 2.16. The summed E-state index contributed by atoms with van der Waals surface area (Å²) >= 11 is 0. The van der Waals surface area contributed by atoms with Gasteiger partial charge in [-0.25, -0.2) is 0 Å². The number of rotatable bonds is 34. The minimum absolute atomic E-state index is 0. The first-order valence-corrected chi connectivity index (χ1v) is 18.1. The fourth-order valence-electron chi connectivity index (χ4n) is 5.44. The Bertz CT molecular complexity index is 375. The van der Waals surface area contributed by atoms with E-state index in [1.165, 1.54) is 186 Å². The monoisotopic (exact) mass is 557 g/mol. The minimum atomic E-state index is 0. The third-order valence-corrected chi connectivity index (χ3v) is 8.15. The summed E-state index contributed by atoms with van der Waals surface area (Å²) in [6, 6.07) is 0. The van der Waals surface area contributed by atoms with E-state index in [2.05, 4.69) is 20.8 Å². The molecule has 2 N–H and O–H groups in total. The van der Waals surface area contributed by atoms with Gasteiger partial charge in [0.1, 0.15) is 0 Å². The Kier molecular flexibility index (Phi) is 39.8. The van der Waals surface area contributed by atoms with Crippen molar-refractivity contribution in [1.29, 1.82) is 0 Å². The summed E-state index contributed by atoms with van der Waals surface area (Å²) in [6.45, 7) is 8.66. The van der Waals surface area contributed by atoms with Crippen molar-refractivity contribution in [2.45, 2.75) is 220 Å². The van der Waals surface area contributed by atoms with Crippen LogP contribution in [0.4, 0.5) is 0 Å². The van der Waals surface area contributed by atoms with Gasteiger partial charge >= 0.3 is 0 Å². The first kappa shape index (κ1) is 41.0. The zero-order chi connectivity index (χ0) is 27.6. The fraction of sp³-hybridized carbons (Fsp3) is 1.00. The second-order valence-corrected chi connectivity index (χ2v) is 12.2. The van der Waals surface area contributed by atoms with Crippen LogP contribution in [0, 0.1) is 0 Å². The second kappa shape index (κ2) is 37.9. The van der Waals surface area contributed by atoms with E-state index in [-0.39, 0.29) is 11.8 Å². The average Bonchev–Trinajstić information content (AvgIpc) is 2.93. The lowest BCUT2D eigenvalue weighted by Gasteiger charge is -2.19. The Morgan fingerprint density at radius 3 is 0.821 bits per heavy atom. The molecule has 0 spiro atoms. The normalized spacial score (nSPS) is 12.1. The molecule has 1 atom stereocenters. The lowest BCUT2D eigenvalue weighted by Crippen LogP contribution is -2.19. The molecule has 0 amide bonds. The molecule has 0 fully saturated rings. The number of ether oxygens (including phenoxy) is 2. The number of hydrogen-bond donors (Lipinski definition) is 0. The topological polar surface area (TPSA) is 50.0 Å². The summed E-state index contributed by atoms with van der Waals surface area (Å²) < 4.78 is 12.5. The van der Waals surface area contributed by atoms with Gasteiger partial charge in [0.2, 0.25) is 0 Å². The van der Waals surface area contributed by atoms with E-state index in [9.17, 15) is 0 Å². The Labute approximate surface area is 247 Å². The largest absolute Gasteiger partial charge is 0.412 e. The number of unbranched alkanes of at least 4 members (excludes halogenated alkanes) is 26. The highest BCUT2D eigenvalue weighted by Gasteiger charge is 2.09. The van der Waals surface area contributed by atoms with E-state index in [1.807, 2.05) is 0 Å². The molecular formula is C36H76O3. The summed E-state index contributed by atoms with van der Waals surface area (Å²) in [5, 5.41) is 0. The first-order chi connectivity index (χ1) is 18.8. The standard InChI is InChI=1S/C36H74O2.H2O/c1-4-7-10-13-16-19-21-22-24-27-30-33-36(37-34-31-28-25-18-15-12-9-6-3)38-35-32-29-26-23-20-17-14-11-8-5-2;/h36H,4-35H2,1-3H3;1H2. The van der Waals surface area contributed by atoms with Crippen molar-refractivity contribution in [2.75, 3.05) is 13.2 Å². The van der Waals surface area contributed by atoms with E-state index in [4.69, 9.17) is 9.47 Å². The van der Waals surface area contributed by atoms with Crippen LogP contribution in [0.2, 0.25) is 0 Å². The molecule has 0 aliphatic heterocycles. The zero-order valence-corrected chi connectivity index (χ0v) is 27.5. The molecule has 0 aromatic heterocycles. The van der Waals surface area contributed by atoms with Crippen molar-refractivity contribution in [3.8, 4) is 0 Å². The molecule has 238 valence electrons. The van der Waals surface area contributed by atoms with Crippen molar-refractivity contribution >= 4 is 0 Å². The van der Waals surface area contributed by atoms with Crippen molar-refractivity contribution in [3.05, 3.63) is 0 Å². The van der Waals surface area contributed by atoms with Gasteiger partial charge in [0, 0.05) is 13.2 Å². The molecular weight excluding hydrogens is 480 g/mol. The Morgan fingerprint density at radius 1 is 0.308 bits per heavy atom. The van der Waals surface area contributed by atoms with Crippen LogP contribution >= 0.6 is 0 Å². The van der Waals surface area contributed by atoms with Gasteiger partial charge in [-0.2, -0.15) is 0 Å². The zero-order valence-electron chi connectivity index (χ0n) is 27.5. The van der Waals surface area contributed by atoms with Crippen LogP contribution < -0.4 is 0 Å². The van der Waals surface area contributed by atoms with Gasteiger partial charge in [0.25, 0.3) is 0 Å². The van der Waals surface area contributed by atoms with Crippen molar-refractivity contribution in [1.82, 2.24) is 0 Å². The summed E-state index contributed by atoms with van der Waals surface area (Å²) in [5.41, 5.74) is 0. The van der Waals surface area contributed by atoms with Crippen LogP contribution in [0.5, 0.6) is 0 Å². The van der Waals surface area contributed by atoms with Gasteiger partial charge in [-0.05, 0) is 25.7 Å². The van der Waals surface area contributed by atoms with Crippen LogP contribution in [-0.2, 0) is 9.47 Å². The van der Waals surface area contributed by atoms with E-state index < -0.39 is 0 Å². The first-order valence-electron chi connectivity index (χ1n) is 18.1. The average molecular weight is 557 g/mol. The molecule has 0 aliphatic rings. The van der Waals surface area contributed by atoms with Crippen LogP contribution in [0.15, 0.2) is 0 Å². The lowest BCUT2D eigenvalue weighted by molar-refractivity contribution is -0.148.